The number of fused-ring (bicyclic) bond motifs is 1. The zero-order valence-electron chi connectivity index (χ0n) is 18.5. The Morgan fingerprint density at radius 2 is 2.06 bits per heavy atom. The van der Waals surface area contributed by atoms with Gasteiger partial charge < -0.3 is 15.2 Å². The van der Waals surface area contributed by atoms with E-state index in [9.17, 15) is 23.2 Å². The lowest BCUT2D eigenvalue weighted by Gasteiger charge is -2.40. The second-order valence-electron chi connectivity index (χ2n) is 8.33. The summed E-state index contributed by atoms with van der Waals surface area (Å²) in [6.45, 7) is 3.69. The number of pyridine rings is 2. The van der Waals surface area contributed by atoms with E-state index in [1.54, 1.807) is 11.0 Å². The molecule has 0 saturated carbocycles. The van der Waals surface area contributed by atoms with E-state index < -0.39 is 29.1 Å². The second-order valence-corrected chi connectivity index (χ2v) is 8.33. The summed E-state index contributed by atoms with van der Waals surface area (Å²) in [5, 5.41) is 12.0. The highest BCUT2D eigenvalue weighted by atomic mass is 19.1. The second kappa shape index (κ2) is 9.02. The van der Waals surface area contributed by atoms with E-state index in [0.29, 0.717) is 29.6 Å². The molecule has 174 valence electrons. The van der Waals surface area contributed by atoms with E-state index in [0.717, 1.165) is 6.07 Å². The fourth-order valence-corrected chi connectivity index (χ4v) is 4.24. The van der Waals surface area contributed by atoms with Crippen molar-refractivity contribution < 1.29 is 18.4 Å². The van der Waals surface area contributed by atoms with Gasteiger partial charge in [-0.1, -0.05) is 0 Å². The minimum absolute atomic E-state index is 0.0434. The number of hydrogen-bond donors (Lipinski definition) is 2. The number of nitriles is 1. The van der Waals surface area contributed by atoms with Gasteiger partial charge >= 0.3 is 0 Å². The zero-order valence-corrected chi connectivity index (χ0v) is 18.5. The lowest BCUT2D eigenvalue weighted by molar-refractivity contribution is -0.133. The van der Waals surface area contributed by atoms with Crippen LogP contribution in [0, 0.1) is 23.0 Å². The molecule has 1 aromatic carbocycles. The van der Waals surface area contributed by atoms with Gasteiger partial charge in [0.2, 0.25) is 11.8 Å². The Hall–Kier alpha value is -4.13. The van der Waals surface area contributed by atoms with Crippen molar-refractivity contribution in [1.29, 1.82) is 5.26 Å². The number of aromatic nitrogens is 2. The molecule has 4 rings (SSSR count). The Bertz CT molecular complexity index is 1410. The number of nitrogens with zero attached hydrogens (tertiary/aromatic N) is 3. The monoisotopic (exact) mass is 465 g/mol. The van der Waals surface area contributed by atoms with E-state index >= 15 is 0 Å². The summed E-state index contributed by atoms with van der Waals surface area (Å²) in [4.78, 5) is 45.6. The molecule has 10 heteroatoms. The largest absolute Gasteiger partial charge is 0.348 e. The molecule has 3 aromatic rings. The molecule has 8 nitrogen and oxygen atoms in total. The third-order valence-corrected chi connectivity index (χ3v) is 5.98. The zero-order chi connectivity index (χ0) is 24.6. The molecule has 1 fully saturated rings. The van der Waals surface area contributed by atoms with E-state index in [4.69, 9.17) is 5.26 Å². The van der Waals surface area contributed by atoms with Crippen molar-refractivity contribution in [3.8, 4) is 6.07 Å². The molecular weight excluding hydrogens is 444 g/mol. The first-order valence-electron chi connectivity index (χ1n) is 10.6. The first-order chi connectivity index (χ1) is 16.2. The highest BCUT2D eigenvalue weighted by molar-refractivity contribution is 5.87. The predicted octanol–water partition coefficient (Wildman–Crippen LogP) is 2.44. The van der Waals surface area contributed by atoms with Gasteiger partial charge in [-0.25, -0.2) is 8.78 Å². The number of halogens is 2. The van der Waals surface area contributed by atoms with Gasteiger partial charge in [0.05, 0.1) is 23.7 Å². The number of aromatic amines is 1. The van der Waals surface area contributed by atoms with Gasteiger partial charge in [-0.2, -0.15) is 5.26 Å². The molecule has 0 bridgehead atoms. The summed E-state index contributed by atoms with van der Waals surface area (Å²) in [6.07, 6.45) is 0.884. The summed E-state index contributed by atoms with van der Waals surface area (Å²) >= 11 is 0. The third-order valence-electron chi connectivity index (χ3n) is 5.98. The van der Waals surface area contributed by atoms with Crippen molar-refractivity contribution in [3.63, 3.8) is 0 Å². The van der Waals surface area contributed by atoms with E-state index in [1.165, 1.54) is 38.2 Å². The van der Waals surface area contributed by atoms with Gasteiger partial charge in [0.1, 0.15) is 17.7 Å². The summed E-state index contributed by atoms with van der Waals surface area (Å²) in [7, 11) is 0. The van der Waals surface area contributed by atoms with E-state index in [2.05, 4.69) is 15.3 Å². The molecular formula is C24H21F2N5O3. The summed E-state index contributed by atoms with van der Waals surface area (Å²) in [5.74, 6) is -2.11. The van der Waals surface area contributed by atoms with Gasteiger partial charge in [0.25, 0.3) is 5.56 Å². The van der Waals surface area contributed by atoms with Gasteiger partial charge in [-0.3, -0.25) is 19.4 Å². The summed E-state index contributed by atoms with van der Waals surface area (Å²) < 4.78 is 28.3. The predicted molar refractivity (Wildman–Crippen MR) is 119 cm³/mol. The maximum atomic E-state index is 14.3. The van der Waals surface area contributed by atoms with E-state index in [1.807, 2.05) is 0 Å². The molecule has 1 atom stereocenters. The van der Waals surface area contributed by atoms with Crippen LogP contribution in [0.2, 0.25) is 0 Å². The molecule has 34 heavy (non-hydrogen) atoms. The number of carbonyl (C=O) groups excluding carboxylic acids is 2. The number of hydrogen-bond acceptors (Lipinski definition) is 5. The van der Waals surface area contributed by atoms with Gasteiger partial charge in [-0.05, 0) is 36.8 Å². The van der Waals surface area contributed by atoms with Crippen molar-refractivity contribution in [3.05, 3.63) is 74.8 Å². The molecule has 0 unspecified atom stereocenters. The van der Waals surface area contributed by atoms with Crippen LogP contribution in [0.3, 0.4) is 0 Å². The number of H-pyrrole nitrogens is 1. The maximum absolute atomic E-state index is 14.3. The van der Waals surface area contributed by atoms with Crippen LogP contribution in [0.5, 0.6) is 0 Å². The van der Waals surface area contributed by atoms with Crippen LogP contribution in [0.15, 0.2) is 35.3 Å². The van der Waals surface area contributed by atoms with Crippen molar-refractivity contribution in [2.24, 2.45) is 0 Å². The van der Waals surface area contributed by atoms with Gasteiger partial charge in [0, 0.05) is 48.6 Å². The van der Waals surface area contributed by atoms with Gasteiger partial charge in [0.15, 0.2) is 0 Å². The van der Waals surface area contributed by atoms with E-state index in [-0.39, 0.29) is 35.1 Å². The number of benzene rings is 1. The average molecular weight is 465 g/mol. The molecule has 1 aliphatic heterocycles. The summed E-state index contributed by atoms with van der Waals surface area (Å²) in [5.41, 5.74) is 0.660. The van der Waals surface area contributed by atoms with Crippen LogP contribution in [0.25, 0.3) is 10.9 Å². The highest BCUT2D eigenvalue weighted by Crippen LogP contribution is 2.34. The average Bonchev–Trinajstić information content (AvgIpc) is 2.74. The number of carbonyl (C=O) groups is 2. The molecule has 0 spiro atoms. The number of rotatable bonds is 5. The molecule has 2 aromatic heterocycles. The van der Waals surface area contributed by atoms with Crippen molar-refractivity contribution >= 4 is 22.7 Å². The topological polar surface area (TPSA) is 119 Å². The molecule has 1 saturated heterocycles. The Labute approximate surface area is 193 Å². The minimum atomic E-state index is -0.822. The molecule has 1 aliphatic rings. The lowest BCUT2D eigenvalue weighted by atomic mass is 9.84. The molecule has 2 amide bonds. The van der Waals surface area contributed by atoms with Crippen LogP contribution >= 0.6 is 0 Å². The lowest BCUT2D eigenvalue weighted by Crippen LogP contribution is -2.48. The minimum Gasteiger partial charge on any atom is -0.348 e. The Balaban J connectivity index is 1.65. The Morgan fingerprint density at radius 3 is 2.71 bits per heavy atom. The molecule has 0 radical (unpaired) electrons. The quantitative estimate of drug-likeness (QED) is 0.600. The van der Waals surface area contributed by atoms with Crippen LogP contribution in [-0.4, -0.2) is 39.8 Å². The highest BCUT2D eigenvalue weighted by Gasteiger charge is 2.34. The Kier molecular flexibility index (Phi) is 6.11. The standard InChI is InChI=1S/C24H21F2N5O3/c1-12(23-19(26)5-14(8-27)9-28-23)29-21(33)7-18-22(15-10-31(11-15)13(2)32)17-6-16(25)3-4-20(17)30-24(18)34/h3-6,9,12,15H,7,10-11H2,1-2H3,(H,29,33)(H,30,34)/t12-/m1/s1. The molecule has 0 aliphatic carbocycles. The third kappa shape index (κ3) is 4.37. The van der Waals surface area contributed by atoms with Crippen molar-refractivity contribution in [2.45, 2.75) is 32.2 Å². The number of amides is 2. The van der Waals surface area contributed by atoms with Crippen molar-refractivity contribution in [2.75, 3.05) is 13.1 Å². The number of likely N-dealkylation sites (tertiary alicyclic amines) is 1. The fourth-order valence-electron chi connectivity index (χ4n) is 4.24. The van der Waals surface area contributed by atoms with Crippen LogP contribution in [-0.2, 0) is 16.0 Å². The van der Waals surface area contributed by atoms with Gasteiger partial charge in [-0.15, -0.1) is 0 Å². The van der Waals surface area contributed by atoms with Crippen LogP contribution in [0.4, 0.5) is 8.78 Å². The summed E-state index contributed by atoms with van der Waals surface area (Å²) in [6, 6.07) is 6.00. The smallest absolute Gasteiger partial charge is 0.252 e. The maximum Gasteiger partial charge on any atom is 0.252 e. The fraction of sp³-hybridized carbons (Fsp3) is 0.292. The SMILES string of the molecule is CC(=O)N1CC(c2c(CC(=O)N[C@H](C)c3ncc(C#N)cc3F)c(=O)[nH]c3ccc(F)cc23)C1. The van der Waals surface area contributed by atoms with Crippen LogP contribution < -0.4 is 10.9 Å². The van der Waals surface area contributed by atoms with Crippen molar-refractivity contribution in [1.82, 2.24) is 20.2 Å². The normalized spacial score (nSPS) is 14.4. The number of nitrogens with one attached hydrogen (secondary N) is 2. The first kappa shape index (κ1) is 23.0. The first-order valence-corrected chi connectivity index (χ1v) is 10.6. The molecule has 2 N–H and O–H groups in total. The Morgan fingerprint density at radius 1 is 1.32 bits per heavy atom. The molecule has 3 heterocycles. The van der Waals surface area contributed by atoms with Crippen LogP contribution in [0.1, 0.15) is 48.2 Å².